The Kier molecular flexibility index (Phi) is 4.19. The Morgan fingerprint density at radius 1 is 1.54 bits per heavy atom. The third-order valence-corrected chi connectivity index (χ3v) is 3.03. The lowest BCUT2D eigenvalue weighted by Crippen LogP contribution is -2.11. The molecule has 1 aromatic carbocycles. The van der Waals surface area contributed by atoms with E-state index in [4.69, 9.17) is 22.4 Å². The van der Waals surface area contributed by atoms with E-state index in [9.17, 15) is 0 Å². The van der Waals surface area contributed by atoms with E-state index >= 15 is 0 Å². The molecule has 0 aliphatic rings. The third kappa shape index (κ3) is 2.95. The van der Waals surface area contributed by atoms with Crippen LogP contribution in [0.2, 0.25) is 5.02 Å². The molecule has 0 saturated carbocycles. The monoisotopic (exact) mass is 263 g/mol. The lowest BCUT2D eigenvalue weighted by Gasteiger charge is -2.10. The molecular weight excluding hydrogens is 253 g/mol. The smallest absolute Gasteiger partial charge is 0.0548 e. The van der Waals surface area contributed by atoms with E-state index in [-0.39, 0.29) is 12.6 Å². The van der Waals surface area contributed by atoms with Crippen molar-refractivity contribution in [1.29, 1.82) is 0 Å². The SMILES string of the molecule is NC(CCO)c1ccc(Cl)c(Br)c1. The van der Waals surface area contributed by atoms with Gasteiger partial charge < -0.3 is 10.8 Å². The van der Waals surface area contributed by atoms with Crippen molar-refractivity contribution in [3.63, 3.8) is 0 Å². The molecule has 13 heavy (non-hydrogen) atoms. The first-order valence-electron chi connectivity index (χ1n) is 3.96. The highest BCUT2D eigenvalue weighted by Crippen LogP contribution is 2.26. The Hall–Kier alpha value is -0.0900. The zero-order valence-corrected chi connectivity index (χ0v) is 9.35. The van der Waals surface area contributed by atoms with Gasteiger partial charge in [0.15, 0.2) is 0 Å². The van der Waals surface area contributed by atoms with Crippen LogP contribution in [0.4, 0.5) is 0 Å². The molecule has 72 valence electrons. The fourth-order valence-corrected chi connectivity index (χ4v) is 1.56. The van der Waals surface area contributed by atoms with Crippen molar-refractivity contribution in [2.45, 2.75) is 12.5 Å². The summed E-state index contributed by atoms with van der Waals surface area (Å²) < 4.78 is 0.833. The van der Waals surface area contributed by atoms with Crippen molar-refractivity contribution < 1.29 is 5.11 Å². The van der Waals surface area contributed by atoms with E-state index in [1.807, 2.05) is 12.1 Å². The molecule has 0 bridgehead atoms. The number of nitrogens with two attached hydrogens (primary N) is 1. The Morgan fingerprint density at radius 3 is 2.77 bits per heavy atom. The van der Waals surface area contributed by atoms with Gasteiger partial charge in [0, 0.05) is 17.1 Å². The number of hydrogen-bond acceptors (Lipinski definition) is 2. The maximum absolute atomic E-state index is 8.70. The van der Waals surface area contributed by atoms with E-state index in [0.717, 1.165) is 10.0 Å². The average molecular weight is 265 g/mol. The van der Waals surface area contributed by atoms with Crippen LogP contribution in [-0.2, 0) is 0 Å². The van der Waals surface area contributed by atoms with Gasteiger partial charge in [-0.05, 0) is 40.0 Å². The molecule has 1 unspecified atom stereocenters. The summed E-state index contributed by atoms with van der Waals surface area (Å²) in [7, 11) is 0. The molecule has 0 saturated heterocycles. The second-order valence-electron chi connectivity index (χ2n) is 2.79. The molecule has 2 nitrogen and oxygen atoms in total. The fourth-order valence-electron chi connectivity index (χ4n) is 1.05. The first-order chi connectivity index (χ1) is 6.15. The largest absolute Gasteiger partial charge is 0.396 e. The van der Waals surface area contributed by atoms with Gasteiger partial charge in [-0.25, -0.2) is 0 Å². The molecule has 1 aromatic rings. The summed E-state index contributed by atoms with van der Waals surface area (Å²) in [6, 6.07) is 5.41. The molecule has 3 N–H and O–H groups in total. The van der Waals surface area contributed by atoms with Gasteiger partial charge in [-0.3, -0.25) is 0 Å². The van der Waals surface area contributed by atoms with Gasteiger partial charge in [-0.2, -0.15) is 0 Å². The number of benzene rings is 1. The highest BCUT2D eigenvalue weighted by atomic mass is 79.9. The quantitative estimate of drug-likeness (QED) is 0.881. The lowest BCUT2D eigenvalue weighted by atomic mass is 10.1. The normalized spacial score (nSPS) is 12.9. The Morgan fingerprint density at radius 2 is 2.23 bits per heavy atom. The summed E-state index contributed by atoms with van der Waals surface area (Å²) in [5, 5.41) is 9.37. The summed E-state index contributed by atoms with van der Waals surface area (Å²) in [6.07, 6.45) is 0.564. The molecule has 0 radical (unpaired) electrons. The first kappa shape index (κ1) is 11.0. The van der Waals surface area contributed by atoms with Crippen LogP contribution < -0.4 is 5.73 Å². The zero-order chi connectivity index (χ0) is 9.84. The second kappa shape index (κ2) is 4.96. The Bertz CT molecular complexity index is 293. The van der Waals surface area contributed by atoms with E-state index in [1.54, 1.807) is 6.07 Å². The maximum atomic E-state index is 8.70. The molecule has 1 rings (SSSR count). The van der Waals surface area contributed by atoms with Crippen molar-refractivity contribution in [3.05, 3.63) is 33.3 Å². The number of halogens is 2. The van der Waals surface area contributed by atoms with E-state index in [1.165, 1.54) is 0 Å². The number of aliphatic hydroxyl groups is 1. The summed E-state index contributed by atoms with van der Waals surface area (Å²) in [6.45, 7) is 0.0986. The van der Waals surface area contributed by atoms with Crippen LogP contribution in [0.3, 0.4) is 0 Å². The lowest BCUT2D eigenvalue weighted by molar-refractivity contribution is 0.276. The third-order valence-electron chi connectivity index (χ3n) is 1.81. The molecular formula is C9H11BrClNO. The fraction of sp³-hybridized carbons (Fsp3) is 0.333. The van der Waals surface area contributed by atoms with Gasteiger partial charge in [0.25, 0.3) is 0 Å². The highest BCUT2D eigenvalue weighted by Gasteiger charge is 2.06. The van der Waals surface area contributed by atoms with Crippen molar-refractivity contribution in [3.8, 4) is 0 Å². The van der Waals surface area contributed by atoms with Crippen molar-refractivity contribution in [2.75, 3.05) is 6.61 Å². The zero-order valence-electron chi connectivity index (χ0n) is 7.00. The van der Waals surface area contributed by atoms with Crippen molar-refractivity contribution in [2.24, 2.45) is 5.73 Å². The van der Waals surface area contributed by atoms with Gasteiger partial charge in [0.1, 0.15) is 0 Å². The topological polar surface area (TPSA) is 46.2 Å². The highest BCUT2D eigenvalue weighted by molar-refractivity contribution is 9.10. The Balaban J connectivity index is 2.84. The summed E-state index contributed by atoms with van der Waals surface area (Å²) in [5.41, 5.74) is 6.78. The number of rotatable bonds is 3. The molecule has 0 amide bonds. The minimum Gasteiger partial charge on any atom is -0.396 e. The van der Waals surface area contributed by atoms with Crippen LogP contribution in [-0.4, -0.2) is 11.7 Å². The van der Waals surface area contributed by atoms with Crippen LogP contribution in [0.15, 0.2) is 22.7 Å². The van der Waals surface area contributed by atoms with Gasteiger partial charge in [-0.15, -0.1) is 0 Å². The maximum Gasteiger partial charge on any atom is 0.0548 e. The second-order valence-corrected chi connectivity index (χ2v) is 4.05. The predicted octanol–water partition coefficient (Wildman–Crippen LogP) is 2.48. The van der Waals surface area contributed by atoms with Gasteiger partial charge in [-0.1, -0.05) is 17.7 Å². The van der Waals surface area contributed by atoms with Gasteiger partial charge >= 0.3 is 0 Å². The molecule has 0 heterocycles. The molecule has 0 aromatic heterocycles. The minimum atomic E-state index is -0.126. The van der Waals surface area contributed by atoms with Crippen LogP contribution in [0.25, 0.3) is 0 Å². The molecule has 0 fully saturated rings. The first-order valence-corrected chi connectivity index (χ1v) is 5.13. The van der Waals surface area contributed by atoms with Crippen molar-refractivity contribution in [1.82, 2.24) is 0 Å². The van der Waals surface area contributed by atoms with Crippen molar-refractivity contribution >= 4 is 27.5 Å². The van der Waals surface area contributed by atoms with E-state index < -0.39 is 0 Å². The summed E-state index contributed by atoms with van der Waals surface area (Å²) in [5.74, 6) is 0. The van der Waals surface area contributed by atoms with Crippen LogP contribution in [0, 0.1) is 0 Å². The molecule has 0 aliphatic carbocycles. The standard InChI is InChI=1S/C9H11BrClNO/c10-7-5-6(1-2-8(7)11)9(12)3-4-13/h1-2,5,9,13H,3-4,12H2. The van der Waals surface area contributed by atoms with Crippen LogP contribution in [0.5, 0.6) is 0 Å². The van der Waals surface area contributed by atoms with Crippen LogP contribution >= 0.6 is 27.5 Å². The van der Waals surface area contributed by atoms with Crippen LogP contribution in [0.1, 0.15) is 18.0 Å². The van der Waals surface area contributed by atoms with Gasteiger partial charge in [0.05, 0.1) is 5.02 Å². The predicted molar refractivity (Wildman–Crippen MR) is 57.8 cm³/mol. The number of hydrogen-bond donors (Lipinski definition) is 2. The van der Waals surface area contributed by atoms with E-state index in [0.29, 0.717) is 11.4 Å². The molecule has 1 atom stereocenters. The average Bonchev–Trinajstić information content (AvgIpc) is 2.10. The number of aliphatic hydroxyl groups excluding tert-OH is 1. The van der Waals surface area contributed by atoms with Gasteiger partial charge in [0.2, 0.25) is 0 Å². The minimum absolute atomic E-state index is 0.0986. The summed E-state index contributed by atoms with van der Waals surface area (Å²) >= 11 is 9.14. The molecule has 4 heteroatoms. The Labute approximate surface area is 90.8 Å². The molecule has 0 spiro atoms. The molecule has 0 aliphatic heterocycles. The summed E-state index contributed by atoms with van der Waals surface area (Å²) in [4.78, 5) is 0. The van der Waals surface area contributed by atoms with E-state index in [2.05, 4.69) is 15.9 Å².